The molecule has 7 heteroatoms. The van der Waals surface area contributed by atoms with Crippen LogP contribution < -0.4 is 0 Å². The van der Waals surface area contributed by atoms with Crippen LogP contribution in [0.5, 0.6) is 0 Å². The predicted octanol–water partition coefficient (Wildman–Crippen LogP) is 2.79. The van der Waals surface area contributed by atoms with Crippen molar-refractivity contribution in [2.75, 3.05) is 13.1 Å². The first-order valence-electron chi connectivity index (χ1n) is 8.58. The SMILES string of the molecule is CC(C)(C)OC(=O)N1CCCC(C(=O)CC2=CC(=O)OC(C)(C)O2)C1. The average molecular weight is 353 g/mol. The van der Waals surface area contributed by atoms with Gasteiger partial charge >= 0.3 is 12.1 Å². The van der Waals surface area contributed by atoms with Gasteiger partial charge in [-0.25, -0.2) is 9.59 Å². The first kappa shape index (κ1) is 19.3. The largest absolute Gasteiger partial charge is 0.456 e. The minimum Gasteiger partial charge on any atom is -0.456 e. The van der Waals surface area contributed by atoms with Crippen molar-refractivity contribution in [1.29, 1.82) is 0 Å². The third-order valence-corrected chi connectivity index (χ3v) is 3.88. The zero-order valence-corrected chi connectivity index (χ0v) is 15.6. The molecule has 2 heterocycles. The van der Waals surface area contributed by atoms with Gasteiger partial charge in [-0.2, -0.15) is 0 Å². The number of nitrogens with zero attached hydrogens (tertiary/aromatic N) is 1. The van der Waals surface area contributed by atoms with E-state index in [1.54, 1.807) is 18.7 Å². The molecule has 1 unspecified atom stereocenters. The molecule has 0 aliphatic carbocycles. The maximum atomic E-state index is 12.6. The lowest BCUT2D eigenvalue weighted by atomic mass is 9.92. The Morgan fingerprint density at radius 3 is 2.60 bits per heavy atom. The van der Waals surface area contributed by atoms with Gasteiger partial charge in [0, 0.05) is 32.9 Å². The van der Waals surface area contributed by atoms with Gasteiger partial charge in [-0.1, -0.05) is 0 Å². The molecule has 0 aromatic rings. The number of hydrogen-bond donors (Lipinski definition) is 0. The van der Waals surface area contributed by atoms with E-state index in [2.05, 4.69) is 0 Å². The van der Waals surface area contributed by atoms with Gasteiger partial charge in [-0.05, 0) is 33.6 Å². The second-order valence-corrected chi connectivity index (χ2v) is 7.94. The Balaban J connectivity index is 1.96. The fourth-order valence-corrected chi connectivity index (χ4v) is 2.90. The van der Waals surface area contributed by atoms with E-state index in [1.807, 2.05) is 20.8 Å². The molecular weight excluding hydrogens is 326 g/mol. The zero-order chi connectivity index (χ0) is 18.8. The second-order valence-electron chi connectivity index (χ2n) is 7.94. The number of ketones is 1. The van der Waals surface area contributed by atoms with E-state index >= 15 is 0 Å². The summed E-state index contributed by atoms with van der Waals surface area (Å²) in [7, 11) is 0. The van der Waals surface area contributed by atoms with Gasteiger partial charge in [-0.3, -0.25) is 4.79 Å². The molecule has 7 nitrogen and oxygen atoms in total. The highest BCUT2D eigenvalue weighted by Gasteiger charge is 2.34. The lowest BCUT2D eigenvalue weighted by Crippen LogP contribution is -2.45. The molecular formula is C18H27NO6. The molecule has 0 N–H and O–H groups in total. The quantitative estimate of drug-likeness (QED) is 0.726. The monoisotopic (exact) mass is 353 g/mol. The van der Waals surface area contributed by atoms with Crippen LogP contribution in [0.15, 0.2) is 11.8 Å². The molecule has 1 atom stereocenters. The van der Waals surface area contributed by atoms with Crippen LogP contribution >= 0.6 is 0 Å². The highest BCUT2D eigenvalue weighted by Crippen LogP contribution is 2.27. The van der Waals surface area contributed by atoms with E-state index in [9.17, 15) is 14.4 Å². The van der Waals surface area contributed by atoms with Crippen LogP contribution in [-0.2, 0) is 23.8 Å². The van der Waals surface area contributed by atoms with Crippen molar-refractivity contribution >= 4 is 17.8 Å². The van der Waals surface area contributed by atoms with Crippen molar-refractivity contribution in [3.05, 3.63) is 11.8 Å². The average Bonchev–Trinajstić information content (AvgIpc) is 2.43. The van der Waals surface area contributed by atoms with Crippen molar-refractivity contribution in [1.82, 2.24) is 4.90 Å². The molecule has 0 radical (unpaired) electrons. The number of carbonyl (C=O) groups is 3. The van der Waals surface area contributed by atoms with E-state index in [0.29, 0.717) is 25.3 Å². The molecule has 0 saturated carbocycles. The third kappa shape index (κ3) is 5.76. The summed E-state index contributed by atoms with van der Waals surface area (Å²) in [6.07, 6.45) is 2.27. The molecule has 0 spiro atoms. The number of cyclic esters (lactones) is 1. The lowest BCUT2D eigenvalue weighted by molar-refractivity contribution is -0.205. The Morgan fingerprint density at radius 1 is 1.32 bits per heavy atom. The lowest BCUT2D eigenvalue weighted by Gasteiger charge is -2.34. The smallest absolute Gasteiger partial charge is 0.410 e. The van der Waals surface area contributed by atoms with Crippen LogP contribution in [0.2, 0.25) is 0 Å². The Labute approximate surface area is 148 Å². The summed E-state index contributed by atoms with van der Waals surface area (Å²) in [4.78, 5) is 37.9. The zero-order valence-electron chi connectivity index (χ0n) is 15.6. The van der Waals surface area contributed by atoms with Gasteiger partial charge in [0.05, 0.1) is 12.5 Å². The van der Waals surface area contributed by atoms with Crippen LogP contribution in [-0.4, -0.2) is 47.2 Å². The number of amides is 1. The van der Waals surface area contributed by atoms with E-state index < -0.39 is 23.5 Å². The van der Waals surface area contributed by atoms with Crippen molar-refractivity contribution in [3.63, 3.8) is 0 Å². The number of rotatable bonds is 3. The van der Waals surface area contributed by atoms with E-state index in [4.69, 9.17) is 14.2 Å². The molecule has 0 aromatic heterocycles. The van der Waals surface area contributed by atoms with Gasteiger partial charge in [0.2, 0.25) is 5.79 Å². The van der Waals surface area contributed by atoms with E-state index in [0.717, 1.165) is 6.42 Å². The minimum absolute atomic E-state index is 0.0192. The van der Waals surface area contributed by atoms with E-state index in [-0.39, 0.29) is 18.1 Å². The number of esters is 1. The summed E-state index contributed by atoms with van der Waals surface area (Å²) >= 11 is 0. The Kier molecular flexibility index (Phi) is 5.44. The maximum absolute atomic E-state index is 12.6. The standard InChI is InChI=1S/C18H27NO6/c1-17(2,3)25-16(22)19-8-6-7-12(11-19)14(20)9-13-10-15(21)24-18(4,5)23-13/h10,12H,6-9,11H2,1-5H3. The van der Waals surface area contributed by atoms with E-state index in [1.165, 1.54) is 6.08 Å². The molecule has 1 fully saturated rings. The summed E-state index contributed by atoms with van der Waals surface area (Å²) in [5, 5.41) is 0. The van der Waals surface area contributed by atoms with Crippen molar-refractivity contribution < 1.29 is 28.6 Å². The highest BCUT2D eigenvalue weighted by molar-refractivity contribution is 5.88. The number of hydrogen-bond acceptors (Lipinski definition) is 6. The Morgan fingerprint density at radius 2 is 2.00 bits per heavy atom. The van der Waals surface area contributed by atoms with Gasteiger partial charge in [0.25, 0.3) is 0 Å². The third-order valence-electron chi connectivity index (χ3n) is 3.88. The molecule has 1 saturated heterocycles. The van der Waals surface area contributed by atoms with Crippen LogP contribution in [0.25, 0.3) is 0 Å². The van der Waals surface area contributed by atoms with Crippen LogP contribution in [0.4, 0.5) is 4.79 Å². The first-order valence-corrected chi connectivity index (χ1v) is 8.58. The Hall–Kier alpha value is -2.05. The van der Waals surface area contributed by atoms with Gasteiger partial charge in [-0.15, -0.1) is 0 Å². The molecule has 2 rings (SSSR count). The number of Topliss-reactive ketones (excluding diaryl/α,β-unsaturated/α-hetero) is 1. The fourth-order valence-electron chi connectivity index (χ4n) is 2.90. The van der Waals surface area contributed by atoms with Crippen LogP contribution in [0.1, 0.15) is 53.9 Å². The molecule has 0 bridgehead atoms. The van der Waals surface area contributed by atoms with Gasteiger partial charge < -0.3 is 19.1 Å². The van der Waals surface area contributed by atoms with Crippen molar-refractivity contribution in [3.8, 4) is 0 Å². The van der Waals surface area contributed by atoms with Crippen molar-refractivity contribution in [2.45, 2.75) is 65.3 Å². The normalized spacial score (nSPS) is 23.2. The predicted molar refractivity (Wildman–Crippen MR) is 89.5 cm³/mol. The first-order chi connectivity index (χ1) is 11.5. The molecule has 2 aliphatic heterocycles. The number of carbonyl (C=O) groups excluding carboxylic acids is 3. The number of ether oxygens (including phenoxy) is 3. The Bertz CT molecular complexity index is 587. The molecule has 0 aromatic carbocycles. The van der Waals surface area contributed by atoms with Gasteiger partial charge in [0.1, 0.15) is 17.1 Å². The fraction of sp³-hybridized carbons (Fsp3) is 0.722. The number of piperidine rings is 1. The summed E-state index contributed by atoms with van der Waals surface area (Å²) in [6, 6.07) is 0. The molecule has 1 amide bonds. The topological polar surface area (TPSA) is 82.1 Å². The number of likely N-dealkylation sites (tertiary alicyclic amines) is 1. The minimum atomic E-state index is -1.07. The summed E-state index contributed by atoms with van der Waals surface area (Å²) in [6.45, 7) is 9.58. The molecule has 2 aliphatic rings. The molecule has 140 valence electrons. The second kappa shape index (κ2) is 7.06. The number of allylic oxidation sites excluding steroid dienone is 1. The molecule has 25 heavy (non-hydrogen) atoms. The summed E-state index contributed by atoms with van der Waals surface area (Å²) in [5.41, 5.74) is -0.569. The van der Waals surface area contributed by atoms with Crippen molar-refractivity contribution in [2.24, 2.45) is 5.92 Å². The van der Waals surface area contributed by atoms with Crippen LogP contribution in [0.3, 0.4) is 0 Å². The van der Waals surface area contributed by atoms with Crippen LogP contribution in [0, 0.1) is 5.92 Å². The summed E-state index contributed by atoms with van der Waals surface area (Å²) in [5.74, 6) is -1.62. The highest BCUT2D eigenvalue weighted by atomic mass is 16.7. The maximum Gasteiger partial charge on any atom is 0.410 e. The summed E-state index contributed by atoms with van der Waals surface area (Å²) < 4.78 is 15.9. The van der Waals surface area contributed by atoms with Gasteiger partial charge in [0.15, 0.2) is 0 Å².